The molecule has 3 N–H and O–H groups in total. The van der Waals surface area contributed by atoms with Gasteiger partial charge in [-0.1, -0.05) is 60.7 Å². The molecule has 0 aliphatic heterocycles. The molecule has 2 aromatic carbocycles. The normalized spacial score (nSPS) is 13.2. The number of benzene rings is 2. The molecule has 2 atom stereocenters. The molecule has 0 aromatic heterocycles. The molecule has 0 spiro atoms. The van der Waals surface area contributed by atoms with Gasteiger partial charge >= 0.3 is 6.09 Å². The van der Waals surface area contributed by atoms with Gasteiger partial charge in [-0.15, -0.1) is 0 Å². The summed E-state index contributed by atoms with van der Waals surface area (Å²) >= 11 is 0. The zero-order chi connectivity index (χ0) is 21.3. The molecular weight excluding hydrogens is 368 g/mol. The molecular formula is C23H30N2O4. The Kier molecular flexibility index (Phi) is 8.21. The quantitative estimate of drug-likeness (QED) is 0.638. The number of nitrogens with one attached hydrogen (secondary N) is 2. The molecule has 2 amide bonds. The Labute approximate surface area is 172 Å². The van der Waals surface area contributed by atoms with Crippen molar-refractivity contribution in [2.24, 2.45) is 0 Å². The molecule has 0 heterocycles. The van der Waals surface area contributed by atoms with E-state index < -0.39 is 23.8 Å². The van der Waals surface area contributed by atoms with Crippen molar-refractivity contribution in [3.8, 4) is 0 Å². The van der Waals surface area contributed by atoms with Crippen molar-refractivity contribution in [1.82, 2.24) is 10.6 Å². The topological polar surface area (TPSA) is 87.7 Å². The van der Waals surface area contributed by atoms with Gasteiger partial charge in [0, 0.05) is 6.42 Å². The molecule has 0 aliphatic carbocycles. The molecule has 0 saturated heterocycles. The highest BCUT2D eigenvalue weighted by Crippen LogP contribution is 2.09. The maximum atomic E-state index is 12.9. The summed E-state index contributed by atoms with van der Waals surface area (Å²) in [4.78, 5) is 25.2. The molecule has 156 valence electrons. The fourth-order valence-corrected chi connectivity index (χ4v) is 2.87. The highest BCUT2D eigenvalue weighted by atomic mass is 16.6. The van der Waals surface area contributed by atoms with Crippen molar-refractivity contribution in [2.45, 2.75) is 51.3 Å². The van der Waals surface area contributed by atoms with E-state index in [4.69, 9.17) is 4.74 Å². The Morgan fingerprint density at radius 2 is 1.41 bits per heavy atom. The standard InChI is InChI=1S/C23H30N2O4/c1-23(2,3)29-22(28)25-20(15-18-12-8-5-9-13-18)21(27)24-19(16-26)14-17-10-6-4-7-11-17/h4-13,19-20,26H,14-16H2,1-3H3,(H,24,27)(H,25,28). The van der Waals surface area contributed by atoms with Crippen molar-refractivity contribution >= 4 is 12.0 Å². The van der Waals surface area contributed by atoms with Crippen LogP contribution in [0.2, 0.25) is 0 Å². The van der Waals surface area contributed by atoms with Gasteiger partial charge in [-0.05, 0) is 38.3 Å². The van der Waals surface area contributed by atoms with Crippen LogP contribution in [0.25, 0.3) is 0 Å². The van der Waals surface area contributed by atoms with Gasteiger partial charge in [-0.3, -0.25) is 4.79 Å². The Hall–Kier alpha value is -2.86. The molecule has 2 aromatic rings. The predicted molar refractivity (Wildman–Crippen MR) is 112 cm³/mol. The van der Waals surface area contributed by atoms with Crippen molar-refractivity contribution < 1.29 is 19.4 Å². The average molecular weight is 399 g/mol. The lowest BCUT2D eigenvalue weighted by Gasteiger charge is -2.25. The van der Waals surface area contributed by atoms with Gasteiger partial charge in [0.05, 0.1) is 12.6 Å². The van der Waals surface area contributed by atoms with Crippen LogP contribution < -0.4 is 10.6 Å². The zero-order valence-electron chi connectivity index (χ0n) is 17.2. The minimum absolute atomic E-state index is 0.203. The van der Waals surface area contributed by atoms with E-state index in [0.29, 0.717) is 12.8 Å². The van der Waals surface area contributed by atoms with E-state index in [0.717, 1.165) is 11.1 Å². The van der Waals surface area contributed by atoms with Crippen LogP contribution in [0.5, 0.6) is 0 Å². The largest absolute Gasteiger partial charge is 0.444 e. The van der Waals surface area contributed by atoms with Crippen molar-refractivity contribution in [3.63, 3.8) is 0 Å². The summed E-state index contributed by atoms with van der Waals surface area (Å²) < 4.78 is 5.30. The molecule has 2 unspecified atom stereocenters. The van der Waals surface area contributed by atoms with E-state index in [1.807, 2.05) is 60.7 Å². The van der Waals surface area contributed by atoms with Crippen molar-refractivity contribution in [2.75, 3.05) is 6.61 Å². The van der Waals surface area contributed by atoms with Gasteiger partial charge in [-0.25, -0.2) is 4.79 Å². The van der Waals surface area contributed by atoms with Crippen LogP contribution in [0.15, 0.2) is 60.7 Å². The second-order valence-electron chi connectivity index (χ2n) is 7.97. The average Bonchev–Trinajstić information content (AvgIpc) is 2.67. The lowest BCUT2D eigenvalue weighted by Crippen LogP contribution is -2.52. The number of hydrogen-bond donors (Lipinski definition) is 3. The number of hydrogen-bond acceptors (Lipinski definition) is 4. The molecule has 0 fully saturated rings. The van der Waals surface area contributed by atoms with Crippen molar-refractivity contribution in [3.05, 3.63) is 71.8 Å². The minimum Gasteiger partial charge on any atom is -0.444 e. The van der Waals surface area contributed by atoms with E-state index in [9.17, 15) is 14.7 Å². The number of rotatable bonds is 8. The number of carbonyl (C=O) groups is 2. The van der Waals surface area contributed by atoms with E-state index in [1.54, 1.807) is 20.8 Å². The number of carbonyl (C=O) groups excluding carboxylic acids is 2. The summed E-state index contributed by atoms with van der Waals surface area (Å²) in [5.74, 6) is -0.366. The van der Waals surface area contributed by atoms with Gasteiger partial charge < -0.3 is 20.5 Å². The first-order valence-electron chi connectivity index (χ1n) is 9.75. The Bertz CT molecular complexity index is 772. The summed E-state index contributed by atoms with van der Waals surface area (Å²) in [6.07, 6.45) is 0.153. The number of amides is 2. The number of alkyl carbamates (subject to hydrolysis) is 1. The minimum atomic E-state index is -0.822. The summed E-state index contributed by atoms with van der Waals surface area (Å²) in [6.45, 7) is 5.09. The highest BCUT2D eigenvalue weighted by Gasteiger charge is 2.26. The van der Waals surface area contributed by atoms with E-state index >= 15 is 0 Å². The maximum Gasteiger partial charge on any atom is 0.408 e. The number of ether oxygens (including phenoxy) is 1. The van der Waals surface area contributed by atoms with Crippen LogP contribution in [0.4, 0.5) is 4.79 Å². The fraction of sp³-hybridized carbons (Fsp3) is 0.391. The van der Waals surface area contributed by atoms with Crippen LogP contribution in [0.3, 0.4) is 0 Å². The number of aliphatic hydroxyl groups is 1. The highest BCUT2D eigenvalue weighted by molar-refractivity contribution is 5.86. The second kappa shape index (κ2) is 10.6. The Balaban J connectivity index is 2.08. The molecule has 29 heavy (non-hydrogen) atoms. The summed E-state index contributed by atoms with van der Waals surface area (Å²) in [7, 11) is 0. The predicted octanol–water partition coefficient (Wildman–Crippen LogP) is 2.84. The van der Waals surface area contributed by atoms with Crippen LogP contribution in [0.1, 0.15) is 31.9 Å². The van der Waals surface area contributed by atoms with Crippen LogP contribution in [-0.4, -0.2) is 41.4 Å². The molecule has 6 heteroatoms. The van der Waals surface area contributed by atoms with E-state index in [1.165, 1.54) is 0 Å². The maximum absolute atomic E-state index is 12.9. The van der Waals surface area contributed by atoms with Gasteiger partial charge in [-0.2, -0.15) is 0 Å². The van der Waals surface area contributed by atoms with E-state index in [-0.39, 0.29) is 12.5 Å². The summed E-state index contributed by atoms with van der Waals surface area (Å²) in [5, 5.41) is 15.2. The second-order valence-corrected chi connectivity index (χ2v) is 7.97. The fourth-order valence-electron chi connectivity index (χ4n) is 2.87. The van der Waals surface area contributed by atoms with Crippen molar-refractivity contribution in [1.29, 1.82) is 0 Å². The van der Waals surface area contributed by atoms with Crippen LogP contribution >= 0.6 is 0 Å². The third-order valence-corrected chi connectivity index (χ3v) is 4.18. The molecule has 6 nitrogen and oxygen atoms in total. The SMILES string of the molecule is CC(C)(C)OC(=O)NC(Cc1ccccc1)C(=O)NC(CO)Cc1ccccc1. The lowest BCUT2D eigenvalue weighted by atomic mass is 10.0. The van der Waals surface area contributed by atoms with Gasteiger partial charge in [0.25, 0.3) is 0 Å². The molecule has 0 radical (unpaired) electrons. The monoisotopic (exact) mass is 398 g/mol. The van der Waals surface area contributed by atoms with Crippen LogP contribution in [0, 0.1) is 0 Å². The van der Waals surface area contributed by atoms with Gasteiger partial charge in [0.15, 0.2) is 0 Å². The third-order valence-electron chi connectivity index (χ3n) is 4.18. The first-order valence-corrected chi connectivity index (χ1v) is 9.75. The first kappa shape index (κ1) is 22.4. The smallest absolute Gasteiger partial charge is 0.408 e. The Morgan fingerprint density at radius 3 is 1.90 bits per heavy atom. The molecule has 0 aliphatic rings. The summed E-state index contributed by atoms with van der Waals surface area (Å²) in [6, 6.07) is 17.8. The zero-order valence-corrected chi connectivity index (χ0v) is 17.2. The summed E-state index contributed by atoms with van der Waals surface area (Å²) in [5.41, 5.74) is 1.25. The molecule has 0 saturated carbocycles. The molecule has 0 bridgehead atoms. The van der Waals surface area contributed by atoms with Gasteiger partial charge in [0.2, 0.25) is 5.91 Å². The third kappa shape index (κ3) is 8.35. The van der Waals surface area contributed by atoms with Gasteiger partial charge in [0.1, 0.15) is 11.6 Å². The lowest BCUT2D eigenvalue weighted by molar-refractivity contribution is -0.124. The van der Waals surface area contributed by atoms with Crippen LogP contribution in [-0.2, 0) is 22.4 Å². The van der Waals surface area contributed by atoms with E-state index in [2.05, 4.69) is 10.6 Å². The molecule has 2 rings (SSSR count). The Morgan fingerprint density at radius 1 is 0.897 bits per heavy atom. The number of aliphatic hydroxyl groups excluding tert-OH is 1. The first-order chi connectivity index (χ1) is 13.8.